The Morgan fingerprint density at radius 3 is 2.63 bits per heavy atom. The highest BCUT2D eigenvalue weighted by Gasteiger charge is 2.26. The summed E-state index contributed by atoms with van der Waals surface area (Å²) in [6, 6.07) is 3.77. The van der Waals surface area contributed by atoms with Gasteiger partial charge in [-0.2, -0.15) is 0 Å². The Hall–Kier alpha value is -1.04. The summed E-state index contributed by atoms with van der Waals surface area (Å²) in [5.74, 6) is -1.10. The quantitative estimate of drug-likeness (QED) is 0.910. The first kappa shape index (κ1) is 14.4. The molecule has 106 valence electrons. The Morgan fingerprint density at radius 1 is 1.37 bits per heavy atom. The standard InChI is InChI=1S/C14H20F2N2O/c1-18(11-4-6-19-7-5-11)14(9-17)12-3-2-10(15)8-13(12)16/h2-3,8,11,14H,4-7,9,17H2,1H3. The third-order valence-corrected chi connectivity index (χ3v) is 3.80. The van der Waals surface area contributed by atoms with Crippen LogP contribution in [0, 0.1) is 11.6 Å². The van der Waals surface area contributed by atoms with Gasteiger partial charge in [0.2, 0.25) is 0 Å². The zero-order chi connectivity index (χ0) is 13.8. The van der Waals surface area contributed by atoms with Crippen LogP contribution in [0.5, 0.6) is 0 Å². The molecule has 19 heavy (non-hydrogen) atoms. The smallest absolute Gasteiger partial charge is 0.130 e. The minimum atomic E-state index is -0.564. The predicted molar refractivity (Wildman–Crippen MR) is 69.8 cm³/mol. The minimum absolute atomic E-state index is 0.233. The van der Waals surface area contributed by atoms with Gasteiger partial charge < -0.3 is 10.5 Å². The molecule has 0 aliphatic carbocycles. The molecular weight excluding hydrogens is 250 g/mol. The summed E-state index contributed by atoms with van der Waals surface area (Å²) in [5.41, 5.74) is 6.24. The minimum Gasteiger partial charge on any atom is -0.381 e. The van der Waals surface area contributed by atoms with Crippen LogP contribution >= 0.6 is 0 Å². The van der Waals surface area contributed by atoms with Crippen molar-refractivity contribution in [1.82, 2.24) is 4.90 Å². The normalized spacial score (nSPS) is 18.8. The van der Waals surface area contributed by atoms with Gasteiger partial charge in [0, 0.05) is 43.5 Å². The van der Waals surface area contributed by atoms with E-state index in [9.17, 15) is 8.78 Å². The van der Waals surface area contributed by atoms with E-state index < -0.39 is 11.6 Å². The van der Waals surface area contributed by atoms with Crippen LogP contribution in [0.2, 0.25) is 0 Å². The first-order valence-electron chi connectivity index (χ1n) is 6.58. The van der Waals surface area contributed by atoms with E-state index in [0.29, 0.717) is 18.2 Å². The predicted octanol–water partition coefficient (Wildman–Crippen LogP) is 2.08. The SMILES string of the molecule is CN(C1CCOCC1)C(CN)c1ccc(F)cc1F. The van der Waals surface area contributed by atoms with Gasteiger partial charge in [0.25, 0.3) is 0 Å². The van der Waals surface area contributed by atoms with Crippen LogP contribution in [0.15, 0.2) is 18.2 Å². The molecule has 1 aliphatic heterocycles. The van der Waals surface area contributed by atoms with Gasteiger partial charge in [-0.1, -0.05) is 6.07 Å². The molecule has 0 amide bonds. The van der Waals surface area contributed by atoms with Crippen molar-refractivity contribution in [1.29, 1.82) is 0 Å². The summed E-state index contributed by atoms with van der Waals surface area (Å²) < 4.78 is 32.2. The number of nitrogens with two attached hydrogens (primary N) is 1. The average Bonchev–Trinajstić information content (AvgIpc) is 2.42. The maximum absolute atomic E-state index is 13.9. The van der Waals surface area contributed by atoms with Crippen LogP contribution in [0.3, 0.4) is 0 Å². The van der Waals surface area contributed by atoms with E-state index in [1.54, 1.807) is 0 Å². The lowest BCUT2D eigenvalue weighted by molar-refractivity contribution is 0.0288. The first-order valence-corrected chi connectivity index (χ1v) is 6.58. The molecule has 3 nitrogen and oxygen atoms in total. The first-order chi connectivity index (χ1) is 9.13. The fraction of sp³-hybridized carbons (Fsp3) is 0.571. The summed E-state index contributed by atoms with van der Waals surface area (Å²) in [5, 5.41) is 0. The van der Waals surface area contributed by atoms with Crippen molar-refractivity contribution < 1.29 is 13.5 Å². The summed E-state index contributed by atoms with van der Waals surface area (Å²) in [6.07, 6.45) is 1.83. The Balaban J connectivity index is 2.18. The van der Waals surface area contributed by atoms with Gasteiger partial charge in [-0.3, -0.25) is 4.90 Å². The molecule has 1 unspecified atom stereocenters. The van der Waals surface area contributed by atoms with Crippen LogP contribution in [0.4, 0.5) is 8.78 Å². The van der Waals surface area contributed by atoms with Crippen LogP contribution in [0.25, 0.3) is 0 Å². The van der Waals surface area contributed by atoms with Crippen molar-refractivity contribution in [3.63, 3.8) is 0 Å². The Bertz CT molecular complexity index is 422. The topological polar surface area (TPSA) is 38.5 Å². The van der Waals surface area contributed by atoms with Crippen LogP contribution in [-0.4, -0.2) is 37.7 Å². The largest absolute Gasteiger partial charge is 0.381 e. The van der Waals surface area contributed by atoms with E-state index in [-0.39, 0.29) is 6.04 Å². The van der Waals surface area contributed by atoms with E-state index in [0.717, 1.165) is 32.1 Å². The summed E-state index contributed by atoms with van der Waals surface area (Å²) in [7, 11) is 1.94. The van der Waals surface area contributed by atoms with Gasteiger partial charge in [0.15, 0.2) is 0 Å². The van der Waals surface area contributed by atoms with Crippen molar-refractivity contribution in [3.8, 4) is 0 Å². The van der Waals surface area contributed by atoms with Crippen molar-refractivity contribution in [2.45, 2.75) is 24.9 Å². The average molecular weight is 270 g/mol. The molecule has 1 saturated heterocycles. The number of nitrogens with zero attached hydrogens (tertiary/aromatic N) is 1. The highest BCUT2D eigenvalue weighted by molar-refractivity contribution is 5.22. The fourth-order valence-electron chi connectivity index (χ4n) is 2.63. The monoisotopic (exact) mass is 270 g/mol. The molecule has 1 aromatic carbocycles. The molecule has 1 aliphatic rings. The number of ether oxygens (including phenoxy) is 1. The molecule has 1 aromatic rings. The van der Waals surface area contributed by atoms with Crippen molar-refractivity contribution >= 4 is 0 Å². The van der Waals surface area contributed by atoms with Crippen molar-refractivity contribution in [3.05, 3.63) is 35.4 Å². The van der Waals surface area contributed by atoms with Crippen LogP contribution < -0.4 is 5.73 Å². The highest BCUT2D eigenvalue weighted by Crippen LogP contribution is 2.26. The van der Waals surface area contributed by atoms with E-state index in [2.05, 4.69) is 4.90 Å². The molecule has 0 radical (unpaired) electrons. The second-order valence-corrected chi connectivity index (χ2v) is 4.93. The van der Waals surface area contributed by atoms with Gasteiger partial charge in [-0.25, -0.2) is 8.78 Å². The van der Waals surface area contributed by atoms with E-state index in [4.69, 9.17) is 10.5 Å². The third kappa shape index (κ3) is 3.29. The van der Waals surface area contributed by atoms with Gasteiger partial charge >= 0.3 is 0 Å². The summed E-state index contributed by atoms with van der Waals surface area (Å²) in [6.45, 7) is 1.74. The lowest BCUT2D eigenvalue weighted by atomic mass is 10.00. The van der Waals surface area contributed by atoms with E-state index in [1.165, 1.54) is 12.1 Å². The van der Waals surface area contributed by atoms with Crippen LogP contribution in [0.1, 0.15) is 24.4 Å². The third-order valence-electron chi connectivity index (χ3n) is 3.80. The van der Waals surface area contributed by atoms with Gasteiger partial charge in [-0.05, 0) is 26.0 Å². The maximum Gasteiger partial charge on any atom is 0.130 e. The lowest BCUT2D eigenvalue weighted by Crippen LogP contribution is -2.42. The lowest BCUT2D eigenvalue weighted by Gasteiger charge is -2.37. The molecule has 0 spiro atoms. The zero-order valence-corrected chi connectivity index (χ0v) is 11.1. The van der Waals surface area contributed by atoms with E-state index in [1.807, 2.05) is 7.05 Å². The van der Waals surface area contributed by atoms with Crippen LogP contribution in [-0.2, 0) is 4.74 Å². The van der Waals surface area contributed by atoms with E-state index >= 15 is 0 Å². The second-order valence-electron chi connectivity index (χ2n) is 4.93. The highest BCUT2D eigenvalue weighted by atomic mass is 19.1. The summed E-state index contributed by atoms with van der Waals surface area (Å²) >= 11 is 0. The Labute approximate surface area is 112 Å². The molecule has 5 heteroatoms. The molecule has 1 fully saturated rings. The molecule has 0 bridgehead atoms. The van der Waals surface area contributed by atoms with Crippen molar-refractivity contribution in [2.24, 2.45) is 5.73 Å². The Kier molecular flexibility index (Phi) is 4.85. The number of rotatable bonds is 4. The summed E-state index contributed by atoms with van der Waals surface area (Å²) in [4.78, 5) is 2.08. The molecule has 1 atom stereocenters. The molecule has 2 N–H and O–H groups in total. The van der Waals surface area contributed by atoms with Crippen molar-refractivity contribution in [2.75, 3.05) is 26.8 Å². The van der Waals surface area contributed by atoms with Gasteiger partial charge in [-0.15, -0.1) is 0 Å². The van der Waals surface area contributed by atoms with Gasteiger partial charge in [0.05, 0.1) is 0 Å². The second kappa shape index (κ2) is 6.41. The number of benzene rings is 1. The number of halogens is 2. The molecule has 2 rings (SSSR count). The molecule has 1 heterocycles. The zero-order valence-electron chi connectivity index (χ0n) is 11.1. The molecular formula is C14H20F2N2O. The molecule has 0 aromatic heterocycles. The number of hydrogen-bond donors (Lipinski definition) is 1. The number of hydrogen-bond acceptors (Lipinski definition) is 3. The maximum atomic E-state index is 13.9. The fourth-order valence-corrected chi connectivity index (χ4v) is 2.63. The number of likely N-dealkylation sites (N-methyl/N-ethyl adjacent to an activating group) is 1. The molecule has 0 saturated carbocycles. The van der Waals surface area contributed by atoms with Gasteiger partial charge in [0.1, 0.15) is 11.6 Å². The Morgan fingerprint density at radius 2 is 2.05 bits per heavy atom.